The first-order valence-electron chi connectivity index (χ1n) is 38.8. The van der Waals surface area contributed by atoms with Gasteiger partial charge in [-0.1, -0.05) is 342 Å². The van der Waals surface area contributed by atoms with Crippen LogP contribution in [0, 0.1) is 0 Å². The van der Waals surface area contributed by atoms with E-state index in [-0.39, 0.29) is 25.7 Å². The number of hydrogen-bond donors (Lipinski definition) is 3. The lowest BCUT2D eigenvalue weighted by Gasteiger charge is -2.21. The largest absolute Gasteiger partial charge is 0.472 e. The molecule has 5 atom stereocenters. The molecule has 0 radical (unpaired) electrons. The van der Waals surface area contributed by atoms with E-state index < -0.39 is 97.5 Å². The fraction of sp³-hybridized carbons (Fsp3) is 0.946. The number of aliphatic hydroxyl groups excluding tert-OH is 1. The fourth-order valence-corrected chi connectivity index (χ4v) is 13.0. The molecular formula is C74H144O17P2. The maximum atomic E-state index is 13.1. The van der Waals surface area contributed by atoms with Gasteiger partial charge in [0.1, 0.15) is 19.3 Å². The number of esters is 4. The highest BCUT2D eigenvalue weighted by atomic mass is 31.2. The lowest BCUT2D eigenvalue weighted by Crippen LogP contribution is -2.30. The Bertz CT molecular complexity index is 1770. The molecule has 17 nitrogen and oxygen atoms in total. The van der Waals surface area contributed by atoms with Crippen LogP contribution in [0.15, 0.2) is 0 Å². The molecular weight excluding hydrogens is 1220 g/mol. The molecule has 0 saturated carbocycles. The molecule has 552 valence electrons. The zero-order chi connectivity index (χ0) is 68.2. The summed E-state index contributed by atoms with van der Waals surface area (Å²) in [5, 5.41) is 10.6. The van der Waals surface area contributed by atoms with Gasteiger partial charge in [0.15, 0.2) is 12.2 Å². The standard InChI is InChI=1S/C74H144O17P2/c1-5-9-13-17-21-25-27-29-31-33-34-35-37-39-41-43-45-49-53-57-61-74(79)91-70(65-85-72(77)59-55-51-48-44-42-40-38-36-32-30-28-26-22-18-14-10-6-2)67-89-93(82,83)87-63-68(75)62-86-92(80,81)88-66-69(90-73(78)60-56-52-47-24-20-16-12-8-4)64-84-71(76)58-54-50-46-23-19-15-11-7-3/h68-70,75H,5-67H2,1-4H3,(H,80,81)(H,82,83)/t68-,69+,70+/m0/s1. The van der Waals surface area contributed by atoms with Crippen molar-refractivity contribution in [3.63, 3.8) is 0 Å². The molecule has 0 rings (SSSR count). The van der Waals surface area contributed by atoms with Gasteiger partial charge >= 0.3 is 39.5 Å². The summed E-state index contributed by atoms with van der Waals surface area (Å²) in [5.74, 6) is -2.12. The highest BCUT2D eigenvalue weighted by molar-refractivity contribution is 7.47. The number of phosphoric acid groups is 2. The monoisotopic (exact) mass is 1370 g/mol. The second-order valence-corrected chi connectivity index (χ2v) is 29.6. The average Bonchev–Trinajstić information content (AvgIpc) is 1.97. The molecule has 0 spiro atoms. The molecule has 0 bridgehead atoms. The van der Waals surface area contributed by atoms with Gasteiger partial charge in [0.2, 0.25) is 0 Å². The van der Waals surface area contributed by atoms with Crippen molar-refractivity contribution < 1.29 is 80.2 Å². The molecule has 19 heteroatoms. The number of carbonyl (C=O) groups excluding carboxylic acids is 4. The maximum Gasteiger partial charge on any atom is 0.472 e. The summed E-state index contributed by atoms with van der Waals surface area (Å²) in [5.41, 5.74) is 0. The minimum absolute atomic E-state index is 0.105. The molecule has 0 aliphatic rings. The van der Waals surface area contributed by atoms with Crippen molar-refractivity contribution in [3.05, 3.63) is 0 Å². The van der Waals surface area contributed by atoms with E-state index in [2.05, 4.69) is 27.7 Å². The predicted octanol–water partition coefficient (Wildman–Crippen LogP) is 21.8. The fourth-order valence-electron chi connectivity index (χ4n) is 11.4. The Morgan fingerprint density at radius 3 is 0.634 bits per heavy atom. The van der Waals surface area contributed by atoms with E-state index in [1.165, 1.54) is 212 Å². The summed E-state index contributed by atoms with van der Waals surface area (Å²) in [4.78, 5) is 72.5. The Hall–Kier alpha value is -1.94. The molecule has 2 unspecified atom stereocenters. The van der Waals surface area contributed by atoms with Gasteiger partial charge in [-0.15, -0.1) is 0 Å². The second-order valence-electron chi connectivity index (χ2n) is 26.7. The Kier molecular flexibility index (Phi) is 67.1. The molecule has 3 N–H and O–H groups in total. The van der Waals surface area contributed by atoms with Crippen molar-refractivity contribution in [1.29, 1.82) is 0 Å². The molecule has 0 aromatic carbocycles. The van der Waals surface area contributed by atoms with Gasteiger partial charge in [0.05, 0.1) is 26.4 Å². The number of ether oxygens (including phenoxy) is 4. The maximum absolute atomic E-state index is 13.1. The topological polar surface area (TPSA) is 237 Å². The number of carbonyl (C=O) groups is 4. The molecule has 0 fully saturated rings. The molecule has 0 aromatic rings. The van der Waals surface area contributed by atoms with Gasteiger partial charge in [-0.3, -0.25) is 37.3 Å². The lowest BCUT2D eigenvalue weighted by molar-refractivity contribution is -0.161. The average molecular weight is 1370 g/mol. The SMILES string of the molecule is CCCCCCCCCCCCCCCCCCCCCCC(=O)O[C@H](COC(=O)CCCCCCCCCCCCCCCCCCC)COP(=O)(O)OC[C@@H](O)COP(=O)(O)OC[C@@H](COC(=O)CCCCCCCCCC)OC(=O)CCCCCCCCCC. The predicted molar refractivity (Wildman–Crippen MR) is 377 cm³/mol. The molecule has 93 heavy (non-hydrogen) atoms. The number of unbranched alkanes of at least 4 members (excludes halogenated alkanes) is 49. The number of hydrogen-bond acceptors (Lipinski definition) is 15. The minimum Gasteiger partial charge on any atom is -0.462 e. The van der Waals surface area contributed by atoms with Gasteiger partial charge in [0, 0.05) is 25.7 Å². The Balaban J connectivity index is 5.14. The third-order valence-electron chi connectivity index (χ3n) is 17.4. The van der Waals surface area contributed by atoms with Crippen molar-refractivity contribution in [2.75, 3.05) is 39.6 Å². The first kappa shape index (κ1) is 91.1. The third kappa shape index (κ3) is 68.4. The van der Waals surface area contributed by atoms with Crippen molar-refractivity contribution in [1.82, 2.24) is 0 Å². The third-order valence-corrected chi connectivity index (χ3v) is 19.3. The summed E-state index contributed by atoms with van der Waals surface area (Å²) < 4.78 is 68.3. The Morgan fingerprint density at radius 2 is 0.430 bits per heavy atom. The van der Waals surface area contributed by atoms with Crippen molar-refractivity contribution >= 4 is 39.5 Å². The van der Waals surface area contributed by atoms with Crippen LogP contribution >= 0.6 is 15.6 Å². The number of phosphoric ester groups is 2. The molecule has 0 aliphatic carbocycles. The van der Waals surface area contributed by atoms with Crippen LogP contribution in [-0.4, -0.2) is 96.7 Å². The molecule has 0 aromatic heterocycles. The summed E-state index contributed by atoms with van der Waals surface area (Å²) in [6.45, 7) is 4.92. The van der Waals surface area contributed by atoms with E-state index in [9.17, 15) is 43.2 Å². The first-order chi connectivity index (χ1) is 45.2. The summed E-state index contributed by atoms with van der Waals surface area (Å²) in [6, 6.07) is 0. The van der Waals surface area contributed by atoms with Crippen LogP contribution in [0.1, 0.15) is 394 Å². The van der Waals surface area contributed by atoms with Crippen molar-refractivity contribution in [3.8, 4) is 0 Å². The van der Waals surface area contributed by atoms with E-state index in [1.54, 1.807) is 0 Å². The lowest BCUT2D eigenvalue weighted by atomic mass is 10.0. The van der Waals surface area contributed by atoms with Crippen molar-refractivity contribution in [2.24, 2.45) is 0 Å². The molecule has 0 saturated heterocycles. The van der Waals surface area contributed by atoms with Crippen LogP contribution in [0.2, 0.25) is 0 Å². The highest BCUT2D eigenvalue weighted by Crippen LogP contribution is 2.45. The summed E-state index contributed by atoms with van der Waals surface area (Å²) in [7, 11) is -9.90. The van der Waals surface area contributed by atoms with Gasteiger partial charge in [-0.05, 0) is 25.7 Å². The zero-order valence-electron chi connectivity index (χ0n) is 60.2. The van der Waals surface area contributed by atoms with Crippen LogP contribution in [-0.2, 0) is 65.4 Å². The van der Waals surface area contributed by atoms with Gasteiger partial charge in [-0.25, -0.2) is 9.13 Å². The molecule has 0 amide bonds. The smallest absolute Gasteiger partial charge is 0.462 e. The number of rotatable bonds is 75. The zero-order valence-corrected chi connectivity index (χ0v) is 62.0. The van der Waals surface area contributed by atoms with Crippen LogP contribution < -0.4 is 0 Å². The number of aliphatic hydroxyl groups is 1. The van der Waals surface area contributed by atoms with E-state index >= 15 is 0 Å². The second kappa shape index (κ2) is 68.6. The minimum atomic E-state index is -4.95. The quantitative estimate of drug-likeness (QED) is 0.0222. The van der Waals surface area contributed by atoms with Gasteiger partial charge in [0.25, 0.3) is 0 Å². The molecule has 0 aliphatic heterocycles. The van der Waals surface area contributed by atoms with E-state index in [0.29, 0.717) is 25.7 Å². The van der Waals surface area contributed by atoms with Crippen LogP contribution in [0.25, 0.3) is 0 Å². The molecule has 0 heterocycles. The van der Waals surface area contributed by atoms with E-state index in [4.69, 9.17) is 37.0 Å². The van der Waals surface area contributed by atoms with Gasteiger partial charge in [-0.2, -0.15) is 0 Å². The van der Waals surface area contributed by atoms with Crippen molar-refractivity contribution in [2.45, 2.75) is 412 Å². The first-order valence-corrected chi connectivity index (χ1v) is 41.8. The van der Waals surface area contributed by atoms with E-state index in [1.807, 2.05) is 0 Å². The van der Waals surface area contributed by atoms with Gasteiger partial charge < -0.3 is 33.8 Å². The Labute approximate surface area is 568 Å². The Morgan fingerprint density at radius 1 is 0.258 bits per heavy atom. The van der Waals surface area contributed by atoms with Crippen LogP contribution in [0.5, 0.6) is 0 Å². The summed E-state index contributed by atoms with van der Waals surface area (Å²) >= 11 is 0. The van der Waals surface area contributed by atoms with Crippen LogP contribution in [0.4, 0.5) is 0 Å². The van der Waals surface area contributed by atoms with E-state index in [0.717, 1.165) is 103 Å². The normalized spacial score (nSPS) is 13.9. The summed E-state index contributed by atoms with van der Waals surface area (Å²) in [6.07, 6.45) is 58.5. The van der Waals surface area contributed by atoms with Crippen LogP contribution in [0.3, 0.4) is 0 Å². The highest BCUT2D eigenvalue weighted by Gasteiger charge is 2.30.